The van der Waals surface area contributed by atoms with E-state index in [4.69, 9.17) is 4.74 Å². The molecule has 1 fully saturated rings. The number of ether oxygens (including phenoxy) is 1. The third-order valence-corrected chi connectivity index (χ3v) is 5.90. The molecule has 1 unspecified atom stereocenters. The second-order valence-electron chi connectivity index (χ2n) is 7.80. The van der Waals surface area contributed by atoms with E-state index in [0.29, 0.717) is 42.7 Å². The molecule has 0 aliphatic carbocycles. The minimum absolute atomic E-state index is 0.0275. The number of carbonyl (C=O) groups excluding carboxylic acids is 3. The van der Waals surface area contributed by atoms with Gasteiger partial charge < -0.3 is 15.0 Å². The van der Waals surface area contributed by atoms with Gasteiger partial charge in [-0.1, -0.05) is 12.1 Å². The molecule has 1 N–H and O–H groups in total. The molecule has 2 aliphatic heterocycles. The number of hydrogen-bond acceptors (Lipinski definition) is 4. The van der Waals surface area contributed by atoms with Gasteiger partial charge in [0.15, 0.2) is 0 Å². The number of anilines is 2. The zero-order chi connectivity index (χ0) is 21.3. The minimum atomic E-state index is -0.686. The number of amides is 3. The van der Waals surface area contributed by atoms with Gasteiger partial charge in [-0.15, -0.1) is 0 Å². The predicted molar refractivity (Wildman–Crippen MR) is 113 cm³/mol. The van der Waals surface area contributed by atoms with Crippen LogP contribution in [0, 0.1) is 0 Å². The van der Waals surface area contributed by atoms with Gasteiger partial charge in [0, 0.05) is 25.1 Å². The Hall–Kier alpha value is -3.35. The molecule has 0 radical (unpaired) electrons. The molecule has 2 aromatic rings. The molecule has 2 aliphatic rings. The van der Waals surface area contributed by atoms with Crippen molar-refractivity contribution in [2.45, 2.75) is 38.3 Å². The van der Waals surface area contributed by atoms with E-state index >= 15 is 0 Å². The van der Waals surface area contributed by atoms with Crippen LogP contribution in [0.3, 0.4) is 0 Å². The van der Waals surface area contributed by atoms with Crippen LogP contribution in [0.4, 0.5) is 11.4 Å². The van der Waals surface area contributed by atoms with Gasteiger partial charge in [-0.25, -0.2) is 0 Å². The van der Waals surface area contributed by atoms with Gasteiger partial charge in [-0.05, 0) is 56.2 Å². The number of methoxy groups -OCH3 is 1. The monoisotopic (exact) mass is 407 g/mol. The van der Waals surface area contributed by atoms with Crippen LogP contribution in [0.1, 0.15) is 43.0 Å². The third-order valence-electron chi connectivity index (χ3n) is 5.90. The highest BCUT2D eigenvalue weighted by atomic mass is 16.5. The fourth-order valence-corrected chi connectivity index (χ4v) is 4.34. The molecule has 0 saturated carbocycles. The first-order chi connectivity index (χ1) is 14.4. The molecule has 4 rings (SSSR count). The molecule has 156 valence electrons. The van der Waals surface area contributed by atoms with Crippen molar-refractivity contribution in [2.75, 3.05) is 23.9 Å². The molecule has 2 heterocycles. The molecule has 1 saturated heterocycles. The number of fused-ring (bicyclic) bond motifs is 3. The van der Waals surface area contributed by atoms with E-state index in [0.717, 1.165) is 5.75 Å². The van der Waals surface area contributed by atoms with Crippen molar-refractivity contribution in [1.82, 2.24) is 4.90 Å². The van der Waals surface area contributed by atoms with Crippen molar-refractivity contribution in [3.05, 3.63) is 54.1 Å². The molecule has 7 heteroatoms. The Morgan fingerprint density at radius 3 is 2.60 bits per heavy atom. The Balaban J connectivity index is 1.43. The second-order valence-corrected chi connectivity index (χ2v) is 7.80. The van der Waals surface area contributed by atoms with Gasteiger partial charge in [-0.3, -0.25) is 19.3 Å². The third kappa shape index (κ3) is 3.40. The first-order valence-electron chi connectivity index (χ1n) is 10.1. The Kier molecular flexibility index (Phi) is 5.20. The fourth-order valence-electron chi connectivity index (χ4n) is 4.34. The maximum Gasteiger partial charge on any atom is 0.257 e. The summed E-state index contributed by atoms with van der Waals surface area (Å²) in [4.78, 5) is 41.6. The summed E-state index contributed by atoms with van der Waals surface area (Å²) >= 11 is 0. The summed E-state index contributed by atoms with van der Waals surface area (Å²) in [5.41, 5.74) is 1.23. The highest BCUT2D eigenvalue weighted by Crippen LogP contribution is 2.44. The summed E-state index contributed by atoms with van der Waals surface area (Å²) in [7, 11) is 1.59. The Morgan fingerprint density at radius 1 is 1.13 bits per heavy atom. The number of nitrogens with one attached hydrogen (secondary N) is 1. The van der Waals surface area contributed by atoms with E-state index in [-0.39, 0.29) is 24.1 Å². The lowest BCUT2D eigenvalue weighted by Crippen LogP contribution is -2.62. The Bertz CT molecular complexity index is 988. The summed E-state index contributed by atoms with van der Waals surface area (Å²) in [5, 5.41) is 2.86. The van der Waals surface area contributed by atoms with Crippen LogP contribution in [0.2, 0.25) is 0 Å². The highest BCUT2D eigenvalue weighted by Gasteiger charge is 2.52. The average molecular weight is 407 g/mol. The lowest BCUT2D eigenvalue weighted by Gasteiger charge is -2.48. The van der Waals surface area contributed by atoms with Gasteiger partial charge in [0.2, 0.25) is 11.8 Å². The van der Waals surface area contributed by atoms with Gasteiger partial charge in [-0.2, -0.15) is 0 Å². The van der Waals surface area contributed by atoms with E-state index in [1.165, 1.54) is 0 Å². The van der Waals surface area contributed by atoms with Crippen molar-refractivity contribution >= 4 is 29.1 Å². The topological polar surface area (TPSA) is 79.0 Å². The first-order valence-corrected chi connectivity index (χ1v) is 10.1. The Morgan fingerprint density at radius 2 is 1.87 bits per heavy atom. The van der Waals surface area contributed by atoms with Crippen LogP contribution in [0.25, 0.3) is 0 Å². The van der Waals surface area contributed by atoms with E-state index in [9.17, 15) is 14.4 Å². The standard InChI is InChI=1S/C23H25N3O4/c1-23-14-13-21(28)26(23)19-7-4-3-6-18(19)22(29)25(23)15-5-8-20(27)24-16-9-11-17(30-2)12-10-16/h3-4,6-7,9-12H,5,8,13-15H2,1-2H3,(H,24,27). The predicted octanol–water partition coefficient (Wildman–Crippen LogP) is 3.41. The van der Waals surface area contributed by atoms with Crippen LogP contribution in [0.15, 0.2) is 48.5 Å². The summed E-state index contributed by atoms with van der Waals surface area (Å²) in [5.74, 6) is 0.546. The SMILES string of the molecule is COc1ccc(NC(=O)CCCN2C(=O)c3ccccc3N3C(=O)CCC23C)cc1. The number of carbonyl (C=O) groups is 3. The number of nitrogens with zero attached hydrogens (tertiary/aromatic N) is 2. The molecule has 3 amide bonds. The van der Waals surface area contributed by atoms with Crippen molar-refractivity contribution in [2.24, 2.45) is 0 Å². The van der Waals surface area contributed by atoms with Crippen molar-refractivity contribution in [3.63, 3.8) is 0 Å². The van der Waals surface area contributed by atoms with Crippen molar-refractivity contribution in [3.8, 4) is 5.75 Å². The number of benzene rings is 2. The zero-order valence-corrected chi connectivity index (χ0v) is 17.2. The molecule has 2 aromatic carbocycles. The van der Waals surface area contributed by atoms with Crippen LogP contribution < -0.4 is 15.0 Å². The van der Waals surface area contributed by atoms with E-state index in [1.54, 1.807) is 53.3 Å². The molecule has 0 spiro atoms. The Labute approximate surface area is 175 Å². The lowest BCUT2D eigenvalue weighted by atomic mass is 9.98. The van der Waals surface area contributed by atoms with Crippen LogP contribution in [0.5, 0.6) is 5.75 Å². The first kappa shape index (κ1) is 19.9. The molecule has 0 bridgehead atoms. The van der Waals surface area contributed by atoms with E-state index < -0.39 is 5.66 Å². The number of rotatable bonds is 6. The quantitative estimate of drug-likeness (QED) is 0.796. The molecule has 30 heavy (non-hydrogen) atoms. The van der Waals surface area contributed by atoms with Crippen LogP contribution in [-0.2, 0) is 9.59 Å². The van der Waals surface area contributed by atoms with Gasteiger partial charge in [0.25, 0.3) is 5.91 Å². The summed E-state index contributed by atoms with van der Waals surface area (Å²) in [6, 6.07) is 14.4. The van der Waals surface area contributed by atoms with Gasteiger partial charge >= 0.3 is 0 Å². The summed E-state index contributed by atoms with van der Waals surface area (Å²) in [6.45, 7) is 2.34. The largest absolute Gasteiger partial charge is 0.497 e. The second kappa shape index (κ2) is 7.82. The molecular weight excluding hydrogens is 382 g/mol. The maximum absolute atomic E-state index is 13.2. The average Bonchev–Trinajstić information content (AvgIpc) is 3.06. The smallest absolute Gasteiger partial charge is 0.257 e. The number of para-hydroxylation sites is 1. The van der Waals surface area contributed by atoms with E-state index in [1.807, 2.05) is 19.1 Å². The van der Waals surface area contributed by atoms with Crippen molar-refractivity contribution in [1.29, 1.82) is 0 Å². The van der Waals surface area contributed by atoms with Gasteiger partial charge in [0.05, 0.1) is 18.4 Å². The number of hydrogen-bond donors (Lipinski definition) is 1. The minimum Gasteiger partial charge on any atom is -0.497 e. The zero-order valence-electron chi connectivity index (χ0n) is 17.2. The molecule has 0 aromatic heterocycles. The van der Waals surface area contributed by atoms with Gasteiger partial charge in [0.1, 0.15) is 11.4 Å². The fraction of sp³-hybridized carbons (Fsp3) is 0.348. The van der Waals surface area contributed by atoms with Crippen LogP contribution >= 0.6 is 0 Å². The summed E-state index contributed by atoms with van der Waals surface area (Å²) < 4.78 is 5.11. The highest BCUT2D eigenvalue weighted by molar-refractivity contribution is 6.10. The normalized spacial score (nSPS) is 20.1. The van der Waals surface area contributed by atoms with E-state index in [2.05, 4.69) is 5.32 Å². The van der Waals surface area contributed by atoms with Crippen molar-refractivity contribution < 1.29 is 19.1 Å². The molecular formula is C23H25N3O4. The summed E-state index contributed by atoms with van der Waals surface area (Å²) in [6.07, 6.45) is 1.78. The molecule has 7 nitrogen and oxygen atoms in total. The van der Waals surface area contributed by atoms with Crippen LogP contribution in [-0.4, -0.2) is 41.9 Å². The molecule has 1 atom stereocenters. The lowest BCUT2D eigenvalue weighted by molar-refractivity contribution is -0.118. The maximum atomic E-state index is 13.2.